The Morgan fingerprint density at radius 1 is 1.40 bits per heavy atom. The second kappa shape index (κ2) is 4.75. The van der Waals surface area contributed by atoms with Crippen molar-refractivity contribution in [2.45, 2.75) is 45.3 Å². The van der Waals surface area contributed by atoms with E-state index in [1.54, 1.807) is 0 Å². The number of aldehydes is 1. The number of hydrogen-bond donors (Lipinski definition) is 0. The summed E-state index contributed by atoms with van der Waals surface area (Å²) in [6.07, 6.45) is 2.44. The van der Waals surface area contributed by atoms with Gasteiger partial charge in [0.25, 0.3) is 0 Å². The first-order chi connectivity index (χ1) is 6.90. The standard InChI is InChI=1S/C11H18O4/c1-11(2,3)15-10(13)7-14-9-4-8(5-9)6-12/h6,8-9H,4-5,7H2,1-3H3. The molecule has 1 saturated carbocycles. The summed E-state index contributed by atoms with van der Waals surface area (Å²) in [6, 6.07) is 0. The van der Waals surface area contributed by atoms with Gasteiger partial charge in [0.1, 0.15) is 18.5 Å². The van der Waals surface area contributed by atoms with Gasteiger partial charge in [-0.05, 0) is 33.6 Å². The van der Waals surface area contributed by atoms with Crippen LogP contribution in [0.3, 0.4) is 0 Å². The molecule has 15 heavy (non-hydrogen) atoms. The fourth-order valence-corrected chi connectivity index (χ4v) is 1.41. The molecule has 0 N–H and O–H groups in total. The number of carbonyl (C=O) groups is 2. The maximum Gasteiger partial charge on any atom is 0.332 e. The monoisotopic (exact) mass is 214 g/mol. The molecule has 0 saturated heterocycles. The fourth-order valence-electron chi connectivity index (χ4n) is 1.41. The van der Waals surface area contributed by atoms with Gasteiger partial charge in [-0.15, -0.1) is 0 Å². The van der Waals surface area contributed by atoms with Crippen LogP contribution in [0.5, 0.6) is 0 Å². The first-order valence-electron chi connectivity index (χ1n) is 5.19. The van der Waals surface area contributed by atoms with Crippen LogP contribution in [0.4, 0.5) is 0 Å². The van der Waals surface area contributed by atoms with E-state index in [1.807, 2.05) is 20.8 Å². The highest BCUT2D eigenvalue weighted by atomic mass is 16.6. The number of hydrogen-bond acceptors (Lipinski definition) is 4. The van der Waals surface area contributed by atoms with E-state index in [9.17, 15) is 9.59 Å². The number of esters is 1. The molecular formula is C11H18O4. The molecule has 0 heterocycles. The highest BCUT2D eigenvalue weighted by Crippen LogP contribution is 2.28. The van der Waals surface area contributed by atoms with Crippen molar-refractivity contribution in [1.82, 2.24) is 0 Å². The van der Waals surface area contributed by atoms with Crippen molar-refractivity contribution < 1.29 is 19.1 Å². The minimum Gasteiger partial charge on any atom is -0.458 e. The smallest absolute Gasteiger partial charge is 0.332 e. The molecule has 0 atom stereocenters. The van der Waals surface area contributed by atoms with E-state index in [0.717, 1.165) is 19.1 Å². The quantitative estimate of drug-likeness (QED) is 0.523. The van der Waals surface area contributed by atoms with Crippen molar-refractivity contribution in [1.29, 1.82) is 0 Å². The van der Waals surface area contributed by atoms with Crippen molar-refractivity contribution in [2.75, 3.05) is 6.61 Å². The van der Waals surface area contributed by atoms with Gasteiger partial charge in [-0.3, -0.25) is 0 Å². The van der Waals surface area contributed by atoms with Gasteiger partial charge in [0, 0.05) is 5.92 Å². The third-order valence-electron chi connectivity index (χ3n) is 2.18. The van der Waals surface area contributed by atoms with Crippen LogP contribution in [0.15, 0.2) is 0 Å². The summed E-state index contributed by atoms with van der Waals surface area (Å²) >= 11 is 0. The molecule has 0 amide bonds. The molecule has 1 fully saturated rings. The number of carbonyl (C=O) groups excluding carboxylic acids is 2. The van der Waals surface area contributed by atoms with Crippen molar-refractivity contribution >= 4 is 12.3 Å². The Balaban J connectivity index is 2.11. The van der Waals surface area contributed by atoms with Gasteiger partial charge in [0.2, 0.25) is 0 Å². The summed E-state index contributed by atoms with van der Waals surface area (Å²) in [4.78, 5) is 21.5. The predicted molar refractivity (Wildman–Crippen MR) is 54.4 cm³/mol. The lowest BCUT2D eigenvalue weighted by atomic mass is 9.83. The third-order valence-corrected chi connectivity index (χ3v) is 2.18. The van der Waals surface area contributed by atoms with Gasteiger partial charge < -0.3 is 14.3 Å². The molecule has 0 aromatic heterocycles. The van der Waals surface area contributed by atoms with Crippen LogP contribution in [0.25, 0.3) is 0 Å². The first-order valence-corrected chi connectivity index (χ1v) is 5.19. The highest BCUT2D eigenvalue weighted by Gasteiger charge is 2.30. The van der Waals surface area contributed by atoms with Gasteiger partial charge in [0.05, 0.1) is 6.10 Å². The highest BCUT2D eigenvalue weighted by molar-refractivity contribution is 5.71. The molecule has 0 bridgehead atoms. The molecular weight excluding hydrogens is 196 g/mol. The molecule has 1 aliphatic carbocycles. The van der Waals surface area contributed by atoms with Crippen molar-refractivity contribution in [2.24, 2.45) is 5.92 Å². The van der Waals surface area contributed by atoms with Gasteiger partial charge in [0.15, 0.2) is 0 Å². The lowest BCUT2D eigenvalue weighted by molar-refractivity contribution is -0.165. The van der Waals surface area contributed by atoms with Crippen molar-refractivity contribution in [3.8, 4) is 0 Å². The van der Waals surface area contributed by atoms with E-state index < -0.39 is 5.60 Å². The van der Waals surface area contributed by atoms with E-state index in [0.29, 0.717) is 0 Å². The lowest BCUT2D eigenvalue weighted by Crippen LogP contribution is -2.35. The maximum atomic E-state index is 11.2. The molecule has 4 heteroatoms. The topological polar surface area (TPSA) is 52.6 Å². The Bertz CT molecular complexity index is 235. The average Bonchev–Trinajstić information content (AvgIpc) is 1.98. The maximum absolute atomic E-state index is 11.2. The molecule has 0 aromatic carbocycles. The second-order valence-corrected chi connectivity index (χ2v) is 4.89. The van der Waals surface area contributed by atoms with Crippen LogP contribution < -0.4 is 0 Å². The van der Waals surface area contributed by atoms with Crippen LogP contribution in [-0.4, -0.2) is 30.6 Å². The van der Waals surface area contributed by atoms with Gasteiger partial charge in [-0.1, -0.05) is 0 Å². The van der Waals surface area contributed by atoms with E-state index in [4.69, 9.17) is 9.47 Å². The van der Waals surface area contributed by atoms with Gasteiger partial charge >= 0.3 is 5.97 Å². The molecule has 0 aromatic rings. The molecule has 1 rings (SSSR count). The van der Waals surface area contributed by atoms with Gasteiger partial charge in [-0.2, -0.15) is 0 Å². The molecule has 0 spiro atoms. The average molecular weight is 214 g/mol. The SMILES string of the molecule is CC(C)(C)OC(=O)COC1CC(C=O)C1. The van der Waals surface area contributed by atoms with Crippen LogP contribution in [0.2, 0.25) is 0 Å². The van der Waals surface area contributed by atoms with Gasteiger partial charge in [-0.25, -0.2) is 4.79 Å². The first kappa shape index (κ1) is 12.2. The molecule has 1 aliphatic rings. The molecule has 86 valence electrons. The Hall–Kier alpha value is -0.900. The zero-order valence-corrected chi connectivity index (χ0v) is 9.49. The largest absolute Gasteiger partial charge is 0.458 e. The fraction of sp³-hybridized carbons (Fsp3) is 0.818. The number of rotatable bonds is 4. The predicted octanol–water partition coefficient (Wildman–Crippen LogP) is 1.32. The Kier molecular flexibility index (Phi) is 3.85. The van der Waals surface area contributed by atoms with Crippen LogP contribution in [0.1, 0.15) is 33.6 Å². The minimum atomic E-state index is -0.467. The minimum absolute atomic E-state index is 0.0203. The summed E-state index contributed by atoms with van der Waals surface area (Å²) in [5.74, 6) is -0.231. The summed E-state index contributed by atoms with van der Waals surface area (Å²) in [5, 5.41) is 0. The second-order valence-electron chi connectivity index (χ2n) is 4.89. The van der Waals surface area contributed by atoms with E-state index in [-0.39, 0.29) is 24.6 Å². The molecule has 0 unspecified atom stereocenters. The van der Waals surface area contributed by atoms with Crippen molar-refractivity contribution in [3.63, 3.8) is 0 Å². The summed E-state index contributed by atoms with van der Waals surface area (Å²) in [7, 11) is 0. The molecule has 0 aliphatic heterocycles. The third kappa shape index (κ3) is 4.42. The normalized spacial score (nSPS) is 25.5. The van der Waals surface area contributed by atoms with Crippen LogP contribution in [0, 0.1) is 5.92 Å². The molecule has 0 radical (unpaired) electrons. The van der Waals surface area contributed by atoms with E-state index in [2.05, 4.69) is 0 Å². The zero-order chi connectivity index (χ0) is 11.5. The summed E-state index contributed by atoms with van der Waals surface area (Å²) < 4.78 is 10.4. The van der Waals surface area contributed by atoms with Crippen LogP contribution in [-0.2, 0) is 19.1 Å². The van der Waals surface area contributed by atoms with E-state index in [1.165, 1.54) is 0 Å². The van der Waals surface area contributed by atoms with E-state index >= 15 is 0 Å². The number of ether oxygens (including phenoxy) is 2. The molecule has 4 nitrogen and oxygen atoms in total. The lowest BCUT2D eigenvalue weighted by Gasteiger charge is -2.31. The Labute approximate surface area is 89.9 Å². The summed E-state index contributed by atoms with van der Waals surface area (Å²) in [5.41, 5.74) is -0.467. The zero-order valence-electron chi connectivity index (χ0n) is 9.49. The Morgan fingerprint density at radius 3 is 2.47 bits per heavy atom. The van der Waals surface area contributed by atoms with Crippen LogP contribution >= 0.6 is 0 Å². The van der Waals surface area contributed by atoms with Crippen molar-refractivity contribution in [3.05, 3.63) is 0 Å². The Morgan fingerprint density at radius 2 is 2.00 bits per heavy atom. The summed E-state index contributed by atoms with van der Waals surface area (Å²) in [6.45, 7) is 5.43.